The van der Waals surface area contributed by atoms with Crippen molar-refractivity contribution >= 4 is 17.2 Å². The number of rotatable bonds is 5. The SMILES string of the molecule is NC(=S)CCCOc1c(F)cccc1F. The van der Waals surface area contributed by atoms with Gasteiger partial charge in [0.15, 0.2) is 17.4 Å². The predicted octanol–water partition coefficient (Wildman–Crippen LogP) is 2.41. The molecular weight excluding hydrogens is 220 g/mol. The summed E-state index contributed by atoms with van der Waals surface area (Å²) in [6.45, 7) is 0.190. The molecule has 0 atom stereocenters. The Balaban J connectivity index is 2.47. The van der Waals surface area contributed by atoms with Crippen LogP contribution in [0, 0.1) is 11.6 Å². The van der Waals surface area contributed by atoms with Crippen LogP contribution in [0.2, 0.25) is 0 Å². The zero-order valence-corrected chi connectivity index (χ0v) is 8.82. The summed E-state index contributed by atoms with van der Waals surface area (Å²) in [4.78, 5) is 0.368. The molecule has 1 aromatic rings. The number of thiocarbonyl (C=S) groups is 1. The highest BCUT2D eigenvalue weighted by Gasteiger charge is 2.08. The summed E-state index contributed by atoms with van der Waals surface area (Å²) in [7, 11) is 0. The van der Waals surface area contributed by atoms with E-state index in [9.17, 15) is 8.78 Å². The molecule has 0 aliphatic heterocycles. The number of para-hydroxylation sites is 1. The van der Waals surface area contributed by atoms with Gasteiger partial charge in [0.2, 0.25) is 0 Å². The van der Waals surface area contributed by atoms with E-state index in [1.54, 1.807) is 0 Å². The average molecular weight is 231 g/mol. The van der Waals surface area contributed by atoms with Gasteiger partial charge in [0.25, 0.3) is 0 Å². The van der Waals surface area contributed by atoms with Gasteiger partial charge in [-0.2, -0.15) is 0 Å². The van der Waals surface area contributed by atoms with Gasteiger partial charge in [0.1, 0.15) is 0 Å². The van der Waals surface area contributed by atoms with E-state index in [4.69, 9.17) is 10.5 Å². The second-order valence-corrected chi connectivity index (χ2v) is 3.49. The third kappa shape index (κ3) is 3.79. The minimum absolute atomic E-state index is 0.190. The van der Waals surface area contributed by atoms with Crippen molar-refractivity contribution in [2.24, 2.45) is 5.73 Å². The van der Waals surface area contributed by atoms with Crippen LogP contribution in [-0.4, -0.2) is 11.6 Å². The molecule has 1 aromatic carbocycles. The summed E-state index contributed by atoms with van der Waals surface area (Å²) in [5.74, 6) is -1.75. The monoisotopic (exact) mass is 231 g/mol. The first kappa shape index (κ1) is 11.8. The van der Waals surface area contributed by atoms with Crippen molar-refractivity contribution in [3.63, 3.8) is 0 Å². The van der Waals surface area contributed by atoms with E-state index in [1.165, 1.54) is 6.07 Å². The lowest BCUT2D eigenvalue weighted by Crippen LogP contribution is -2.10. The maximum Gasteiger partial charge on any atom is 0.190 e. The molecule has 5 heteroatoms. The molecule has 0 radical (unpaired) electrons. The minimum atomic E-state index is -0.703. The maximum atomic E-state index is 13.0. The number of nitrogens with two attached hydrogens (primary N) is 1. The molecule has 0 saturated carbocycles. The van der Waals surface area contributed by atoms with Gasteiger partial charge in [-0.1, -0.05) is 18.3 Å². The molecule has 15 heavy (non-hydrogen) atoms. The van der Waals surface area contributed by atoms with Crippen LogP contribution in [0.1, 0.15) is 12.8 Å². The van der Waals surface area contributed by atoms with Gasteiger partial charge in [-0.05, 0) is 18.6 Å². The van der Waals surface area contributed by atoms with E-state index in [1.807, 2.05) is 0 Å². The summed E-state index contributed by atoms with van der Waals surface area (Å²) < 4.78 is 31.0. The highest BCUT2D eigenvalue weighted by atomic mass is 32.1. The standard InChI is InChI=1S/C10H11F2NOS/c11-7-3-1-4-8(12)10(7)14-6-2-5-9(13)15/h1,3-4H,2,5-6H2,(H2,13,15). The van der Waals surface area contributed by atoms with Crippen LogP contribution >= 0.6 is 12.2 Å². The van der Waals surface area contributed by atoms with E-state index in [-0.39, 0.29) is 12.4 Å². The molecular formula is C10H11F2NOS. The summed E-state index contributed by atoms with van der Waals surface area (Å²) in [5.41, 5.74) is 5.26. The van der Waals surface area contributed by atoms with Gasteiger partial charge in [-0.15, -0.1) is 0 Å². The third-order valence-electron chi connectivity index (χ3n) is 1.73. The molecule has 0 aromatic heterocycles. The van der Waals surface area contributed by atoms with Crippen molar-refractivity contribution in [1.29, 1.82) is 0 Å². The van der Waals surface area contributed by atoms with Gasteiger partial charge in [0.05, 0.1) is 11.6 Å². The number of hydrogen-bond donors (Lipinski definition) is 1. The smallest absolute Gasteiger partial charge is 0.190 e. The Labute approximate surface area is 92.0 Å². The Hall–Kier alpha value is -1.23. The fourth-order valence-corrected chi connectivity index (χ4v) is 1.19. The number of hydrogen-bond acceptors (Lipinski definition) is 2. The summed E-state index contributed by atoms with van der Waals surface area (Å²) in [5, 5.41) is 0. The lowest BCUT2D eigenvalue weighted by molar-refractivity contribution is 0.282. The molecule has 2 nitrogen and oxygen atoms in total. The minimum Gasteiger partial charge on any atom is -0.488 e. The Morgan fingerprint density at radius 1 is 1.33 bits per heavy atom. The summed E-state index contributed by atoms with van der Waals surface area (Å²) in [6.07, 6.45) is 1.05. The topological polar surface area (TPSA) is 35.2 Å². The van der Waals surface area contributed by atoms with Crippen molar-refractivity contribution in [3.05, 3.63) is 29.8 Å². The Morgan fingerprint density at radius 3 is 2.47 bits per heavy atom. The zero-order valence-electron chi connectivity index (χ0n) is 8.00. The van der Waals surface area contributed by atoms with E-state index in [2.05, 4.69) is 12.2 Å². The van der Waals surface area contributed by atoms with Crippen LogP contribution in [0.3, 0.4) is 0 Å². The fourth-order valence-electron chi connectivity index (χ4n) is 1.04. The van der Waals surface area contributed by atoms with Gasteiger partial charge >= 0.3 is 0 Å². The maximum absolute atomic E-state index is 13.0. The van der Waals surface area contributed by atoms with Crippen molar-refractivity contribution < 1.29 is 13.5 Å². The lowest BCUT2D eigenvalue weighted by Gasteiger charge is -2.07. The highest BCUT2D eigenvalue weighted by molar-refractivity contribution is 7.80. The Kier molecular flexibility index (Phi) is 4.42. The number of ether oxygens (including phenoxy) is 1. The quantitative estimate of drug-likeness (QED) is 0.624. The second-order valence-electron chi connectivity index (χ2n) is 2.97. The number of benzene rings is 1. The van der Waals surface area contributed by atoms with Crippen LogP contribution in [0.25, 0.3) is 0 Å². The van der Waals surface area contributed by atoms with Crippen molar-refractivity contribution in [2.75, 3.05) is 6.61 Å². The van der Waals surface area contributed by atoms with E-state index >= 15 is 0 Å². The van der Waals surface area contributed by atoms with E-state index in [0.717, 1.165) is 12.1 Å². The van der Waals surface area contributed by atoms with Gasteiger partial charge < -0.3 is 10.5 Å². The van der Waals surface area contributed by atoms with Crippen molar-refractivity contribution in [2.45, 2.75) is 12.8 Å². The molecule has 0 fully saturated rings. The first-order valence-corrected chi connectivity index (χ1v) is 4.87. The lowest BCUT2D eigenvalue weighted by atomic mass is 10.3. The normalized spacial score (nSPS) is 10.0. The van der Waals surface area contributed by atoms with Crippen LogP contribution in [0.5, 0.6) is 5.75 Å². The highest BCUT2D eigenvalue weighted by Crippen LogP contribution is 2.20. The Morgan fingerprint density at radius 2 is 1.93 bits per heavy atom. The van der Waals surface area contributed by atoms with Crippen LogP contribution in [-0.2, 0) is 0 Å². The second kappa shape index (κ2) is 5.60. The third-order valence-corrected chi connectivity index (χ3v) is 1.94. The molecule has 0 heterocycles. The molecule has 0 amide bonds. The van der Waals surface area contributed by atoms with Crippen molar-refractivity contribution in [3.8, 4) is 5.75 Å². The molecule has 1 rings (SSSR count). The molecule has 2 N–H and O–H groups in total. The Bertz CT molecular complexity index is 337. The summed E-state index contributed by atoms with van der Waals surface area (Å²) >= 11 is 4.65. The number of halogens is 2. The van der Waals surface area contributed by atoms with E-state index < -0.39 is 11.6 Å². The summed E-state index contributed by atoms with van der Waals surface area (Å²) in [6, 6.07) is 3.57. The van der Waals surface area contributed by atoms with E-state index in [0.29, 0.717) is 17.8 Å². The zero-order chi connectivity index (χ0) is 11.3. The largest absolute Gasteiger partial charge is 0.488 e. The molecule has 0 bridgehead atoms. The van der Waals surface area contributed by atoms with Crippen molar-refractivity contribution in [1.82, 2.24) is 0 Å². The van der Waals surface area contributed by atoms with Crippen LogP contribution < -0.4 is 10.5 Å². The molecule has 0 aliphatic carbocycles. The fraction of sp³-hybridized carbons (Fsp3) is 0.300. The molecule has 0 aliphatic rings. The first-order chi connectivity index (χ1) is 7.11. The average Bonchev–Trinajstić information content (AvgIpc) is 2.15. The van der Waals surface area contributed by atoms with Crippen LogP contribution in [0.4, 0.5) is 8.78 Å². The van der Waals surface area contributed by atoms with Gasteiger partial charge in [-0.25, -0.2) is 8.78 Å². The predicted molar refractivity (Wildman–Crippen MR) is 57.9 cm³/mol. The molecule has 0 spiro atoms. The van der Waals surface area contributed by atoms with Gasteiger partial charge in [0, 0.05) is 6.42 Å². The first-order valence-electron chi connectivity index (χ1n) is 4.46. The van der Waals surface area contributed by atoms with Crippen LogP contribution in [0.15, 0.2) is 18.2 Å². The van der Waals surface area contributed by atoms with Gasteiger partial charge in [-0.3, -0.25) is 0 Å². The molecule has 82 valence electrons. The molecule has 0 unspecified atom stereocenters. The molecule has 0 saturated heterocycles.